The molecule has 7 heteroatoms. The average Bonchev–Trinajstić information content (AvgIpc) is 2.40. The van der Waals surface area contributed by atoms with Gasteiger partial charge in [0.25, 0.3) is 0 Å². The summed E-state index contributed by atoms with van der Waals surface area (Å²) in [6, 6.07) is 5.33. The SMILES string of the molecule is CCC(C(=O)O)N(C)C(=O)Nc1ccc(Br)cc1C#N. The van der Waals surface area contributed by atoms with Gasteiger partial charge in [0.15, 0.2) is 0 Å². The number of urea groups is 1. The molecule has 0 saturated carbocycles. The molecule has 1 aromatic carbocycles. The Kier molecular flexibility index (Phi) is 5.53. The summed E-state index contributed by atoms with van der Waals surface area (Å²) in [5.74, 6) is -1.07. The number of benzene rings is 1. The second-order valence-corrected chi connectivity index (χ2v) is 5.02. The van der Waals surface area contributed by atoms with Crippen LogP contribution in [0.25, 0.3) is 0 Å². The number of carboxylic acids is 1. The minimum atomic E-state index is -1.07. The van der Waals surface area contributed by atoms with Crippen LogP contribution in [0.4, 0.5) is 10.5 Å². The van der Waals surface area contributed by atoms with Crippen LogP contribution in [0.1, 0.15) is 18.9 Å². The highest BCUT2D eigenvalue weighted by Gasteiger charge is 2.25. The molecule has 0 spiro atoms. The molecule has 2 N–H and O–H groups in total. The summed E-state index contributed by atoms with van der Waals surface area (Å²) in [7, 11) is 1.41. The van der Waals surface area contributed by atoms with Gasteiger partial charge in [0.2, 0.25) is 0 Å². The molecule has 0 fully saturated rings. The summed E-state index contributed by atoms with van der Waals surface area (Å²) in [5, 5.41) is 20.6. The van der Waals surface area contributed by atoms with Crippen LogP contribution in [0.3, 0.4) is 0 Å². The number of carbonyl (C=O) groups excluding carboxylic acids is 1. The summed E-state index contributed by atoms with van der Waals surface area (Å²) >= 11 is 3.23. The van der Waals surface area contributed by atoms with Gasteiger partial charge in [-0.1, -0.05) is 22.9 Å². The fraction of sp³-hybridized carbons (Fsp3) is 0.308. The van der Waals surface area contributed by atoms with E-state index in [1.165, 1.54) is 7.05 Å². The van der Waals surface area contributed by atoms with Crippen molar-refractivity contribution >= 4 is 33.6 Å². The van der Waals surface area contributed by atoms with E-state index in [-0.39, 0.29) is 0 Å². The lowest BCUT2D eigenvalue weighted by Gasteiger charge is -2.24. The molecule has 2 amide bonds. The lowest BCUT2D eigenvalue weighted by atomic mass is 10.2. The third kappa shape index (κ3) is 3.71. The number of likely N-dealkylation sites (N-methyl/N-ethyl adjacent to an activating group) is 1. The van der Waals surface area contributed by atoms with Crippen molar-refractivity contribution in [3.8, 4) is 6.07 Å². The van der Waals surface area contributed by atoms with Gasteiger partial charge in [-0.05, 0) is 24.6 Å². The molecule has 0 aliphatic rings. The highest BCUT2D eigenvalue weighted by molar-refractivity contribution is 9.10. The minimum Gasteiger partial charge on any atom is -0.480 e. The Balaban J connectivity index is 2.91. The second kappa shape index (κ2) is 6.91. The molecule has 6 nitrogen and oxygen atoms in total. The topological polar surface area (TPSA) is 93.4 Å². The Bertz CT molecular complexity index is 568. The fourth-order valence-electron chi connectivity index (χ4n) is 1.68. The van der Waals surface area contributed by atoms with Gasteiger partial charge in [-0.15, -0.1) is 0 Å². The van der Waals surface area contributed by atoms with Gasteiger partial charge in [-0.25, -0.2) is 9.59 Å². The molecule has 0 bridgehead atoms. The van der Waals surface area contributed by atoms with Gasteiger partial charge in [-0.2, -0.15) is 5.26 Å². The highest BCUT2D eigenvalue weighted by Crippen LogP contribution is 2.20. The Labute approximate surface area is 125 Å². The molecular weight excluding hydrogens is 326 g/mol. The molecule has 0 aromatic heterocycles. The molecule has 0 radical (unpaired) electrons. The van der Waals surface area contributed by atoms with E-state index < -0.39 is 18.0 Å². The number of halogens is 1. The van der Waals surface area contributed by atoms with Gasteiger partial charge in [0, 0.05) is 11.5 Å². The summed E-state index contributed by atoms with van der Waals surface area (Å²) in [6.07, 6.45) is 0.296. The molecule has 0 saturated heterocycles. The molecule has 0 aliphatic carbocycles. The number of hydrogen-bond acceptors (Lipinski definition) is 3. The van der Waals surface area contributed by atoms with Crippen molar-refractivity contribution in [3.63, 3.8) is 0 Å². The number of amides is 2. The smallest absolute Gasteiger partial charge is 0.326 e. The zero-order valence-electron chi connectivity index (χ0n) is 11.1. The van der Waals surface area contributed by atoms with E-state index in [0.29, 0.717) is 17.7 Å². The summed E-state index contributed by atoms with van der Waals surface area (Å²) in [6.45, 7) is 1.68. The van der Waals surface area contributed by atoms with Crippen molar-refractivity contribution in [3.05, 3.63) is 28.2 Å². The Morgan fingerprint density at radius 2 is 2.20 bits per heavy atom. The van der Waals surface area contributed by atoms with Gasteiger partial charge in [-0.3, -0.25) is 0 Å². The molecular formula is C13H14BrN3O3. The predicted molar refractivity (Wildman–Crippen MR) is 77.4 cm³/mol. The molecule has 1 unspecified atom stereocenters. The van der Waals surface area contributed by atoms with Crippen molar-refractivity contribution in [1.29, 1.82) is 5.26 Å². The van der Waals surface area contributed by atoms with Crippen molar-refractivity contribution in [2.24, 2.45) is 0 Å². The van der Waals surface area contributed by atoms with Crippen LogP contribution in [0.5, 0.6) is 0 Å². The van der Waals surface area contributed by atoms with E-state index in [4.69, 9.17) is 10.4 Å². The average molecular weight is 340 g/mol. The Morgan fingerprint density at radius 3 is 2.70 bits per heavy atom. The van der Waals surface area contributed by atoms with E-state index in [1.807, 2.05) is 6.07 Å². The summed E-state index contributed by atoms with van der Waals surface area (Å²) in [4.78, 5) is 24.1. The first-order valence-corrected chi connectivity index (χ1v) is 6.66. The number of nitriles is 1. The molecule has 0 aliphatic heterocycles. The standard InChI is InChI=1S/C13H14BrN3O3/c1-3-11(12(18)19)17(2)13(20)16-10-5-4-9(14)6-8(10)7-15/h4-6,11H,3H2,1-2H3,(H,16,20)(H,18,19). The minimum absolute atomic E-state index is 0.296. The van der Waals surface area contributed by atoms with Crippen LogP contribution in [-0.2, 0) is 4.79 Å². The van der Waals surface area contributed by atoms with Crippen molar-refractivity contribution < 1.29 is 14.7 Å². The lowest BCUT2D eigenvalue weighted by Crippen LogP contribution is -2.44. The first-order valence-electron chi connectivity index (χ1n) is 5.87. The fourth-order valence-corrected chi connectivity index (χ4v) is 2.04. The largest absolute Gasteiger partial charge is 0.480 e. The maximum absolute atomic E-state index is 12.0. The maximum Gasteiger partial charge on any atom is 0.326 e. The zero-order valence-corrected chi connectivity index (χ0v) is 12.6. The van der Waals surface area contributed by atoms with Crippen LogP contribution in [-0.4, -0.2) is 35.1 Å². The highest BCUT2D eigenvalue weighted by atomic mass is 79.9. The first kappa shape index (κ1) is 16.0. The normalized spacial score (nSPS) is 11.3. The van der Waals surface area contributed by atoms with E-state index in [1.54, 1.807) is 25.1 Å². The van der Waals surface area contributed by atoms with Crippen LogP contribution in [0, 0.1) is 11.3 Å². The van der Waals surface area contributed by atoms with Gasteiger partial charge in [0.05, 0.1) is 11.3 Å². The van der Waals surface area contributed by atoms with E-state index in [9.17, 15) is 9.59 Å². The van der Waals surface area contributed by atoms with E-state index in [0.717, 1.165) is 9.37 Å². The lowest BCUT2D eigenvalue weighted by molar-refractivity contribution is -0.141. The Hall–Kier alpha value is -2.07. The van der Waals surface area contributed by atoms with E-state index >= 15 is 0 Å². The third-order valence-electron chi connectivity index (χ3n) is 2.80. The van der Waals surface area contributed by atoms with Gasteiger partial charge < -0.3 is 15.3 Å². The number of aliphatic carboxylic acids is 1. The molecule has 0 heterocycles. The van der Waals surface area contributed by atoms with Crippen molar-refractivity contribution in [2.45, 2.75) is 19.4 Å². The summed E-state index contributed by atoms with van der Waals surface area (Å²) < 4.78 is 0.720. The van der Waals surface area contributed by atoms with Crippen LogP contribution in [0.2, 0.25) is 0 Å². The first-order chi connectivity index (χ1) is 9.40. The number of nitrogens with one attached hydrogen (secondary N) is 1. The monoisotopic (exact) mass is 339 g/mol. The number of rotatable bonds is 4. The molecule has 1 atom stereocenters. The summed E-state index contributed by atoms with van der Waals surface area (Å²) in [5.41, 5.74) is 0.636. The van der Waals surface area contributed by atoms with Gasteiger partial charge in [0.1, 0.15) is 12.1 Å². The van der Waals surface area contributed by atoms with Crippen LogP contribution >= 0.6 is 15.9 Å². The number of hydrogen-bond donors (Lipinski definition) is 2. The number of carbonyl (C=O) groups is 2. The molecule has 1 aromatic rings. The molecule has 106 valence electrons. The van der Waals surface area contributed by atoms with Crippen LogP contribution in [0.15, 0.2) is 22.7 Å². The zero-order chi connectivity index (χ0) is 15.3. The predicted octanol–water partition coefficient (Wildman–Crippen LogP) is 2.65. The van der Waals surface area contributed by atoms with Crippen molar-refractivity contribution in [1.82, 2.24) is 4.90 Å². The quantitative estimate of drug-likeness (QED) is 0.881. The Morgan fingerprint density at radius 1 is 1.55 bits per heavy atom. The third-order valence-corrected chi connectivity index (χ3v) is 3.30. The number of nitrogens with zero attached hydrogens (tertiary/aromatic N) is 2. The molecule has 1 rings (SSSR count). The van der Waals surface area contributed by atoms with Gasteiger partial charge >= 0.3 is 12.0 Å². The maximum atomic E-state index is 12.0. The molecule has 20 heavy (non-hydrogen) atoms. The number of anilines is 1. The number of carboxylic acid groups (broad SMARTS) is 1. The van der Waals surface area contributed by atoms with Crippen LogP contribution < -0.4 is 5.32 Å². The van der Waals surface area contributed by atoms with E-state index in [2.05, 4.69) is 21.2 Å². The second-order valence-electron chi connectivity index (χ2n) is 4.11. The van der Waals surface area contributed by atoms with Crippen molar-refractivity contribution in [2.75, 3.05) is 12.4 Å².